The smallest absolute Gasteiger partial charge is 0.336 e. The fraction of sp³-hybridized carbons (Fsp3) is 0.727. The molecule has 1 atom stereocenters. The first-order valence-electron chi connectivity index (χ1n) is 4.99. The van der Waals surface area contributed by atoms with Crippen molar-refractivity contribution in [3.8, 4) is 0 Å². The minimum absolute atomic E-state index is 0.120. The standard InChI is InChI=1S/C11H20O3/c1-8(2)6-5-7-14-11(13)9(3)10(4)12/h8,10,12H,3,5-7H2,1-2,4H3. The van der Waals surface area contributed by atoms with Crippen LogP contribution in [0.15, 0.2) is 12.2 Å². The van der Waals surface area contributed by atoms with E-state index in [4.69, 9.17) is 9.84 Å². The van der Waals surface area contributed by atoms with Crippen molar-refractivity contribution < 1.29 is 14.6 Å². The van der Waals surface area contributed by atoms with Gasteiger partial charge in [-0.05, 0) is 25.7 Å². The highest BCUT2D eigenvalue weighted by Crippen LogP contribution is 2.05. The van der Waals surface area contributed by atoms with E-state index < -0.39 is 12.1 Å². The summed E-state index contributed by atoms with van der Waals surface area (Å²) in [5.74, 6) is 0.123. The van der Waals surface area contributed by atoms with Gasteiger partial charge in [-0.25, -0.2) is 4.79 Å². The molecule has 0 spiro atoms. The van der Waals surface area contributed by atoms with E-state index in [1.807, 2.05) is 0 Å². The third kappa shape index (κ3) is 5.75. The van der Waals surface area contributed by atoms with Crippen LogP contribution in [0.5, 0.6) is 0 Å². The fourth-order valence-corrected chi connectivity index (χ4v) is 0.920. The van der Waals surface area contributed by atoms with Crippen molar-refractivity contribution in [3.63, 3.8) is 0 Å². The van der Waals surface area contributed by atoms with E-state index in [1.54, 1.807) is 0 Å². The van der Waals surface area contributed by atoms with Crippen LogP contribution in [0.25, 0.3) is 0 Å². The lowest BCUT2D eigenvalue weighted by Gasteiger charge is -2.09. The van der Waals surface area contributed by atoms with Gasteiger partial charge in [0.1, 0.15) is 0 Å². The summed E-state index contributed by atoms with van der Waals surface area (Å²) < 4.78 is 4.92. The van der Waals surface area contributed by atoms with Gasteiger partial charge in [-0.15, -0.1) is 0 Å². The zero-order valence-corrected chi connectivity index (χ0v) is 9.25. The van der Waals surface area contributed by atoms with E-state index >= 15 is 0 Å². The summed E-state index contributed by atoms with van der Waals surface area (Å²) in [4.78, 5) is 11.1. The Kier molecular flexibility index (Phi) is 6.21. The molecule has 14 heavy (non-hydrogen) atoms. The molecule has 0 saturated carbocycles. The molecule has 82 valence electrons. The highest BCUT2D eigenvalue weighted by molar-refractivity contribution is 5.88. The molecule has 0 aromatic heterocycles. The Morgan fingerprint density at radius 1 is 1.43 bits per heavy atom. The molecule has 0 aromatic carbocycles. The average molecular weight is 200 g/mol. The van der Waals surface area contributed by atoms with Gasteiger partial charge in [-0.2, -0.15) is 0 Å². The maximum absolute atomic E-state index is 11.1. The summed E-state index contributed by atoms with van der Waals surface area (Å²) in [6.45, 7) is 9.59. The van der Waals surface area contributed by atoms with Crippen LogP contribution in [0.2, 0.25) is 0 Å². The number of hydrogen-bond acceptors (Lipinski definition) is 3. The van der Waals surface area contributed by atoms with Crippen LogP contribution in [0.4, 0.5) is 0 Å². The van der Waals surface area contributed by atoms with Gasteiger partial charge in [0.25, 0.3) is 0 Å². The Bertz CT molecular complexity index is 195. The summed E-state index contributed by atoms with van der Waals surface area (Å²) in [5, 5.41) is 9.04. The molecule has 0 radical (unpaired) electrons. The topological polar surface area (TPSA) is 46.5 Å². The zero-order chi connectivity index (χ0) is 11.1. The van der Waals surface area contributed by atoms with Crippen molar-refractivity contribution in [1.29, 1.82) is 0 Å². The van der Waals surface area contributed by atoms with E-state index in [0.717, 1.165) is 12.8 Å². The number of aliphatic hydroxyl groups excluding tert-OH is 1. The van der Waals surface area contributed by atoms with Gasteiger partial charge in [-0.1, -0.05) is 20.4 Å². The van der Waals surface area contributed by atoms with Crippen LogP contribution < -0.4 is 0 Å². The second kappa shape index (κ2) is 6.60. The highest BCUT2D eigenvalue weighted by Gasteiger charge is 2.12. The molecule has 0 fully saturated rings. The second-order valence-electron chi connectivity index (χ2n) is 3.87. The minimum Gasteiger partial charge on any atom is -0.462 e. The van der Waals surface area contributed by atoms with Crippen molar-refractivity contribution in [2.75, 3.05) is 6.61 Å². The van der Waals surface area contributed by atoms with Crippen molar-refractivity contribution >= 4 is 5.97 Å². The van der Waals surface area contributed by atoms with Crippen molar-refractivity contribution in [2.24, 2.45) is 5.92 Å². The van der Waals surface area contributed by atoms with Gasteiger partial charge in [0.05, 0.1) is 18.3 Å². The minimum atomic E-state index is -0.826. The Hall–Kier alpha value is -0.830. The molecule has 0 rings (SSSR count). The third-order valence-electron chi connectivity index (χ3n) is 1.93. The van der Waals surface area contributed by atoms with Crippen molar-refractivity contribution in [1.82, 2.24) is 0 Å². The van der Waals surface area contributed by atoms with Crippen molar-refractivity contribution in [2.45, 2.75) is 39.7 Å². The summed E-state index contributed by atoms with van der Waals surface area (Å²) in [5.41, 5.74) is 0.120. The van der Waals surface area contributed by atoms with E-state index in [1.165, 1.54) is 6.92 Å². The number of rotatable bonds is 6. The number of aliphatic hydroxyl groups is 1. The van der Waals surface area contributed by atoms with Crippen LogP contribution in [-0.2, 0) is 9.53 Å². The Morgan fingerprint density at radius 2 is 2.00 bits per heavy atom. The molecule has 0 saturated heterocycles. The largest absolute Gasteiger partial charge is 0.462 e. The number of carbonyl (C=O) groups excluding carboxylic acids is 1. The predicted molar refractivity (Wildman–Crippen MR) is 55.9 cm³/mol. The van der Waals surface area contributed by atoms with Gasteiger partial charge in [-0.3, -0.25) is 0 Å². The Morgan fingerprint density at radius 3 is 2.43 bits per heavy atom. The van der Waals surface area contributed by atoms with Crippen LogP contribution in [-0.4, -0.2) is 23.8 Å². The summed E-state index contributed by atoms with van der Waals surface area (Å²) in [6.07, 6.45) is 1.07. The predicted octanol–water partition coefficient (Wildman–Crippen LogP) is 1.90. The molecule has 0 aliphatic heterocycles. The summed E-state index contributed by atoms with van der Waals surface area (Å²) in [6, 6.07) is 0. The molecule has 3 nitrogen and oxygen atoms in total. The van der Waals surface area contributed by atoms with Gasteiger partial charge in [0.2, 0.25) is 0 Å². The maximum atomic E-state index is 11.1. The van der Waals surface area contributed by atoms with E-state index in [-0.39, 0.29) is 5.57 Å². The Balaban J connectivity index is 3.60. The van der Waals surface area contributed by atoms with Crippen molar-refractivity contribution in [3.05, 3.63) is 12.2 Å². The molecule has 3 heteroatoms. The summed E-state index contributed by atoms with van der Waals surface area (Å²) in [7, 11) is 0. The average Bonchev–Trinajstić information content (AvgIpc) is 2.10. The highest BCUT2D eigenvalue weighted by atomic mass is 16.5. The molecule has 1 N–H and O–H groups in total. The van der Waals surface area contributed by atoms with Crippen LogP contribution in [0.1, 0.15) is 33.6 Å². The Labute approximate surface area is 85.8 Å². The first-order valence-corrected chi connectivity index (χ1v) is 4.99. The quantitative estimate of drug-likeness (QED) is 0.404. The van der Waals surface area contributed by atoms with Gasteiger partial charge in [0.15, 0.2) is 0 Å². The van der Waals surface area contributed by atoms with Gasteiger partial charge < -0.3 is 9.84 Å². The molecule has 0 bridgehead atoms. The van der Waals surface area contributed by atoms with Gasteiger partial charge in [0, 0.05) is 0 Å². The molecule has 0 amide bonds. The first-order chi connectivity index (χ1) is 6.45. The summed E-state index contributed by atoms with van der Waals surface area (Å²) >= 11 is 0. The van der Waals surface area contributed by atoms with Crippen LogP contribution >= 0.6 is 0 Å². The molecule has 0 aliphatic rings. The maximum Gasteiger partial charge on any atom is 0.336 e. The van der Waals surface area contributed by atoms with Crippen LogP contribution in [0, 0.1) is 5.92 Å². The number of carbonyl (C=O) groups is 1. The lowest BCUT2D eigenvalue weighted by atomic mass is 10.1. The second-order valence-corrected chi connectivity index (χ2v) is 3.87. The van der Waals surface area contributed by atoms with E-state index in [9.17, 15) is 4.79 Å². The third-order valence-corrected chi connectivity index (χ3v) is 1.93. The molecular formula is C11H20O3. The molecule has 0 heterocycles. The number of hydrogen-bond donors (Lipinski definition) is 1. The normalized spacial score (nSPS) is 12.6. The monoisotopic (exact) mass is 200 g/mol. The number of ether oxygens (including phenoxy) is 1. The number of esters is 1. The SMILES string of the molecule is C=C(C(=O)OCCCC(C)C)C(C)O. The lowest BCUT2D eigenvalue weighted by molar-refractivity contribution is -0.140. The lowest BCUT2D eigenvalue weighted by Crippen LogP contribution is -2.17. The fourth-order valence-electron chi connectivity index (χ4n) is 0.920. The van der Waals surface area contributed by atoms with E-state index in [2.05, 4.69) is 20.4 Å². The van der Waals surface area contributed by atoms with E-state index in [0.29, 0.717) is 12.5 Å². The molecule has 1 unspecified atom stereocenters. The van der Waals surface area contributed by atoms with Gasteiger partial charge >= 0.3 is 5.97 Å². The zero-order valence-electron chi connectivity index (χ0n) is 9.25. The molecule has 0 aromatic rings. The van der Waals surface area contributed by atoms with Crippen LogP contribution in [0.3, 0.4) is 0 Å². The molecule has 0 aliphatic carbocycles. The first kappa shape index (κ1) is 13.2. The molecular weight excluding hydrogens is 180 g/mol.